The van der Waals surface area contributed by atoms with Crippen molar-refractivity contribution >= 4 is 17.3 Å². The van der Waals surface area contributed by atoms with Gasteiger partial charge in [-0.3, -0.25) is 4.79 Å². The van der Waals surface area contributed by atoms with Crippen molar-refractivity contribution in [2.45, 2.75) is 39.2 Å². The molecule has 2 rings (SSSR count). The summed E-state index contributed by atoms with van der Waals surface area (Å²) in [6.45, 7) is 3.92. The minimum absolute atomic E-state index is 0.0175. The molecule has 0 bridgehead atoms. The summed E-state index contributed by atoms with van der Waals surface area (Å²) in [7, 11) is 0. The van der Waals surface area contributed by atoms with E-state index in [0.717, 1.165) is 22.7 Å². The van der Waals surface area contributed by atoms with E-state index in [1.165, 1.54) is 11.3 Å². The Kier molecular flexibility index (Phi) is 4.20. The molecule has 0 aliphatic heterocycles. The van der Waals surface area contributed by atoms with E-state index in [1.807, 2.05) is 13.8 Å². The zero-order valence-corrected chi connectivity index (χ0v) is 11.6. The van der Waals surface area contributed by atoms with E-state index < -0.39 is 5.97 Å². The molecule has 0 amide bonds. The first-order valence-electron chi connectivity index (χ1n) is 6.04. The molecule has 2 heterocycles. The number of hydrogen-bond acceptors (Lipinski definition) is 6. The maximum absolute atomic E-state index is 10.9. The number of hydrogen-bond donors (Lipinski definition) is 1. The number of aryl methyl sites for hydroxylation is 1. The molecule has 0 aromatic carbocycles. The molecule has 0 spiro atoms. The van der Waals surface area contributed by atoms with Crippen LogP contribution in [0.1, 0.15) is 37.2 Å². The highest BCUT2D eigenvalue weighted by Gasteiger charge is 2.21. The third kappa shape index (κ3) is 3.14. The van der Waals surface area contributed by atoms with Gasteiger partial charge in [-0.05, 0) is 23.8 Å². The molecule has 2 aromatic heterocycles. The highest BCUT2D eigenvalue weighted by molar-refractivity contribution is 7.14. The summed E-state index contributed by atoms with van der Waals surface area (Å²) < 4.78 is 1.60. The summed E-state index contributed by atoms with van der Waals surface area (Å²) in [5, 5.41) is 21.5. The van der Waals surface area contributed by atoms with E-state index in [9.17, 15) is 4.79 Å². The Hall–Kier alpha value is -1.83. The number of carboxylic acids is 1. The molecule has 1 atom stereocenters. The van der Waals surface area contributed by atoms with Gasteiger partial charge in [-0.1, -0.05) is 13.3 Å². The van der Waals surface area contributed by atoms with E-state index in [4.69, 9.17) is 5.11 Å². The van der Waals surface area contributed by atoms with Crippen molar-refractivity contribution in [3.8, 4) is 10.7 Å². The molecular formula is C11H15N5O2S. The molecule has 0 saturated heterocycles. The van der Waals surface area contributed by atoms with Gasteiger partial charge in [0.15, 0.2) is 5.82 Å². The predicted octanol–water partition coefficient (Wildman–Crippen LogP) is 1.92. The minimum atomic E-state index is -0.847. The van der Waals surface area contributed by atoms with Gasteiger partial charge in [0.25, 0.3) is 0 Å². The number of aliphatic carboxylic acids is 1. The smallest absolute Gasteiger partial charge is 0.305 e. The highest BCUT2D eigenvalue weighted by atomic mass is 32.1. The summed E-state index contributed by atoms with van der Waals surface area (Å²) >= 11 is 1.49. The standard InChI is InChI=1S/C11H15N5O2S/c1-3-4-8(5-10(17)18)16-11(13-14-15-16)9-6-12-7(2)19-9/h6,8H,3-5H2,1-2H3,(H,17,18). The van der Waals surface area contributed by atoms with Crippen LogP contribution in [0.25, 0.3) is 10.7 Å². The van der Waals surface area contributed by atoms with Crippen molar-refractivity contribution in [3.63, 3.8) is 0 Å². The highest BCUT2D eigenvalue weighted by Crippen LogP contribution is 2.27. The molecule has 0 saturated carbocycles. The SMILES string of the molecule is CCCC(CC(=O)O)n1nnnc1-c1cnc(C)s1. The van der Waals surface area contributed by atoms with Crippen LogP contribution >= 0.6 is 11.3 Å². The fourth-order valence-corrected chi connectivity index (χ4v) is 2.67. The number of thiazole rings is 1. The van der Waals surface area contributed by atoms with Crippen molar-refractivity contribution in [2.75, 3.05) is 0 Å². The molecule has 0 aliphatic carbocycles. The summed E-state index contributed by atoms with van der Waals surface area (Å²) in [6, 6.07) is -0.227. The summed E-state index contributed by atoms with van der Waals surface area (Å²) in [4.78, 5) is 16.0. The number of nitrogens with zero attached hydrogens (tertiary/aromatic N) is 5. The first kappa shape index (κ1) is 13.6. The zero-order chi connectivity index (χ0) is 13.8. The number of carboxylic acid groups (broad SMARTS) is 1. The summed E-state index contributed by atoms with van der Waals surface area (Å²) in [5.41, 5.74) is 0. The lowest BCUT2D eigenvalue weighted by molar-refractivity contribution is -0.138. The fourth-order valence-electron chi connectivity index (χ4n) is 1.91. The van der Waals surface area contributed by atoms with Gasteiger partial charge in [-0.15, -0.1) is 16.4 Å². The average Bonchev–Trinajstić information content (AvgIpc) is 2.95. The molecule has 0 radical (unpaired) electrons. The van der Waals surface area contributed by atoms with Gasteiger partial charge in [0.05, 0.1) is 22.3 Å². The Bertz CT molecular complexity index is 565. The van der Waals surface area contributed by atoms with Crippen LogP contribution in [0.5, 0.6) is 0 Å². The molecule has 19 heavy (non-hydrogen) atoms. The average molecular weight is 281 g/mol. The topological polar surface area (TPSA) is 93.8 Å². The van der Waals surface area contributed by atoms with E-state index >= 15 is 0 Å². The molecule has 0 aliphatic rings. The van der Waals surface area contributed by atoms with Crippen LogP contribution in [-0.4, -0.2) is 36.3 Å². The van der Waals surface area contributed by atoms with E-state index in [2.05, 4.69) is 20.5 Å². The first-order valence-corrected chi connectivity index (χ1v) is 6.86. The summed E-state index contributed by atoms with van der Waals surface area (Å²) in [5.74, 6) is -0.259. The van der Waals surface area contributed by atoms with Crippen LogP contribution in [0.3, 0.4) is 0 Å². The Morgan fingerprint density at radius 2 is 2.37 bits per heavy atom. The molecule has 2 aromatic rings. The van der Waals surface area contributed by atoms with Gasteiger partial charge in [-0.2, -0.15) is 0 Å². The third-order valence-electron chi connectivity index (χ3n) is 2.71. The second-order valence-corrected chi connectivity index (χ2v) is 5.47. The van der Waals surface area contributed by atoms with Crippen LogP contribution in [0.2, 0.25) is 0 Å². The van der Waals surface area contributed by atoms with E-state index in [-0.39, 0.29) is 12.5 Å². The van der Waals surface area contributed by atoms with Gasteiger partial charge in [0.1, 0.15) is 0 Å². The second kappa shape index (κ2) is 5.87. The van der Waals surface area contributed by atoms with Gasteiger partial charge in [-0.25, -0.2) is 9.67 Å². The number of carbonyl (C=O) groups is 1. The largest absolute Gasteiger partial charge is 0.481 e. The molecule has 7 nitrogen and oxygen atoms in total. The normalized spacial score (nSPS) is 12.5. The van der Waals surface area contributed by atoms with Crippen molar-refractivity contribution in [3.05, 3.63) is 11.2 Å². The summed E-state index contributed by atoms with van der Waals surface area (Å²) in [6.07, 6.45) is 3.33. The predicted molar refractivity (Wildman–Crippen MR) is 69.9 cm³/mol. The van der Waals surface area contributed by atoms with Crippen LogP contribution in [0.4, 0.5) is 0 Å². The van der Waals surface area contributed by atoms with E-state index in [0.29, 0.717) is 5.82 Å². The number of rotatable bonds is 6. The maximum atomic E-state index is 10.9. The van der Waals surface area contributed by atoms with Crippen molar-refractivity contribution in [2.24, 2.45) is 0 Å². The first-order chi connectivity index (χ1) is 9.11. The lowest BCUT2D eigenvalue weighted by Gasteiger charge is -2.14. The maximum Gasteiger partial charge on any atom is 0.305 e. The van der Waals surface area contributed by atoms with Crippen molar-refractivity contribution in [1.29, 1.82) is 0 Å². The third-order valence-corrected chi connectivity index (χ3v) is 3.62. The van der Waals surface area contributed by atoms with Gasteiger partial charge < -0.3 is 5.11 Å². The van der Waals surface area contributed by atoms with Crippen LogP contribution in [-0.2, 0) is 4.79 Å². The fraction of sp³-hybridized carbons (Fsp3) is 0.545. The quantitative estimate of drug-likeness (QED) is 0.869. The Morgan fingerprint density at radius 3 is 2.95 bits per heavy atom. The Balaban J connectivity index is 2.33. The van der Waals surface area contributed by atoms with E-state index in [1.54, 1.807) is 10.9 Å². The Morgan fingerprint density at radius 1 is 1.58 bits per heavy atom. The second-order valence-electron chi connectivity index (χ2n) is 4.23. The van der Waals surface area contributed by atoms with Crippen LogP contribution in [0.15, 0.2) is 6.20 Å². The monoisotopic (exact) mass is 281 g/mol. The van der Waals surface area contributed by atoms with Crippen LogP contribution in [0, 0.1) is 6.92 Å². The van der Waals surface area contributed by atoms with Crippen molar-refractivity contribution in [1.82, 2.24) is 25.2 Å². The molecule has 1 N–H and O–H groups in total. The minimum Gasteiger partial charge on any atom is -0.481 e. The molecule has 1 unspecified atom stereocenters. The lowest BCUT2D eigenvalue weighted by atomic mass is 10.1. The lowest BCUT2D eigenvalue weighted by Crippen LogP contribution is -2.16. The number of tetrazole rings is 1. The molecular weight excluding hydrogens is 266 g/mol. The number of aromatic nitrogens is 5. The Labute approximate surface area is 114 Å². The molecule has 0 fully saturated rings. The molecule has 102 valence electrons. The van der Waals surface area contributed by atoms with Gasteiger partial charge in [0.2, 0.25) is 0 Å². The zero-order valence-electron chi connectivity index (χ0n) is 10.8. The van der Waals surface area contributed by atoms with Gasteiger partial charge in [0, 0.05) is 6.20 Å². The van der Waals surface area contributed by atoms with Crippen LogP contribution < -0.4 is 0 Å². The molecule has 8 heteroatoms. The van der Waals surface area contributed by atoms with Crippen molar-refractivity contribution < 1.29 is 9.90 Å². The van der Waals surface area contributed by atoms with Gasteiger partial charge >= 0.3 is 5.97 Å².